The first-order chi connectivity index (χ1) is 19.4. The lowest BCUT2D eigenvalue weighted by Gasteiger charge is -2.30. The van der Waals surface area contributed by atoms with Gasteiger partial charge in [0, 0.05) is 43.3 Å². The fourth-order valence-corrected chi connectivity index (χ4v) is 3.89. The number of ether oxygens (including phenoxy) is 3. The SMILES string of the molecule is C/C=N/N1CCC(Oc2ccc(C(=O)N[C@@H](COc3cccc(C(=N)N)c3)CC(=O)OC(=O)C(F)(F)F)cc2)CC1. The molecule has 11 nitrogen and oxygen atoms in total. The number of carbonyl (C=O) groups is 3. The second-order valence-corrected chi connectivity index (χ2v) is 9.06. The minimum atomic E-state index is -5.36. The monoisotopic (exact) mass is 577 g/mol. The van der Waals surface area contributed by atoms with Crippen LogP contribution in [-0.4, -0.2) is 72.9 Å². The third-order valence-corrected chi connectivity index (χ3v) is 5.90. The van der Waals surface area contributed by atoms with Crippen molar-refractivity contribution in [2.24, 2.45) is 10.8 Å². The zero-order chi connectivity index (χ0) is 30.0. The molecule has 0 spiro atoms. The molecule has 0 bridgehead atoms. The summed E-state index contributed by atoms with van der Waals surface area (Å²) in [5, 5.41) is 16.3. The molecule has 14 heteroatoms. The van der Waals surface area contributed by atoms with E-state index in [1.165, 1.54) is 24.3 Å². The number of carbonyl (C=O) groups excluding carboxylic acids is 3. The molecule has 41 heavy (non-hydrogen) atoms. The number of piperidine rings is 1. The lowest BCUT2D eigenvalue weighted by atomic mass is 10.1. The van der Waals surface area contributed by atoms with E-state index in [1.54, 1.807) is 30.5 Å². The smallest absolute Gasteiger partial charge is 0.491 e. The highest BCUT2D eigenvalue weighted by molar-refractivity contribution is 5.95. The van der Waals surface area contributed by atoms with Crippen LogP contribution in [0, 0.1) is 5.41 Å². The Balaban J connectivity index is 1.63. The number of amidine groups is 1. The summed E-state index contributed by atoms with van der Waals surface area (Å²) in [6, 6.07) is 11.1. The topological polar surface area (TPSA) is 156 Å². The standard InChI is InChI=1S/C27H30F3N5O6/c1-2-33-35-12-10-21(11-13-35)40-20-8-6-17(7-9-20)25(37)34-19(15-23(36)41-26(38)27(28,29)30)16-39-22-5-3-4-18(14-22)24(31)32/h2-9,14,19,21H,10-13,15-16H2,1H3,(H3,31,32)(H,34,37)/b33-2+/t19-/m1/s1. The fourth-order valence-electron chi connectivity index (χ4n) is 3.89. The van der Waals surface area contributed by atoms with Gasteiger partial charge in [0.05, 0.1) is 12.5 Å². The zero-order valence-corrected chi connectivity index (χ0v) is 22.1. The number of esters is 2. The van der Waals surface area contributed by atoms with Gasteiger partial charge in [0.25, 0.3) is 5.91 Å². The molecule has 1 heterocycles. The number of alkyl halides is 3. The molecule has 0 unspecified atom stereocenters. The predicted octanol–water partition coefficient (Wildman–Crippen LogP) is 3.02. The number of hydrazone groups is 1. The first-order valence-corrected chi connectivity index (χ1v) is 12.6. The van der Waals surface area contributed by atoms with Crippen LogP contribution in [0.25, 0.3) is 0 Å². The number of hydrogen-bond donors (Lipinski definition) is 3. The van der Waals surface area contributed by atoms with Crippen molar-refractivity contribution in [1.29, 1.82) is 5.41 Å². The van der Waals surface area contributed by atoms with Gasteiger partial charge >= 0.3 is 18.1 Å². The Morgan fingerprint density at radius 1 is 1.12 bits per heavy atom. The molecule has 220 valence electrons. The maximum absolute atomic E-state index is 12.9. The first kappa shape index (κ1) is 30.9. The van der Waals surface area contributed by atoms with E-state index in [0.29, 0.717) is 11.3 Å². The van der Waals surface area contributed by atoms with Crippen molar-refractivity contribution < 1.29 is 41.8 Å². The summed E-state index contributed by atoms with van der Waals surface area (Å²) >= 11 is 0. The number of nitrogens with zero attached hydrogens (tertiary/aromatic N) is 2. The summed E-state index contributed by atoms with van der Waals surface area (Å²) < 4.78 is 53.0. The first-order valence-electron chi connectivity index (χ1n) is 12.6. The van der Waals surface area contributed by atoms with Crippen LogP contribution < -0.4 is 20.5 Å². The average molecular weight is 578 g/mol. The van der Waals surface area contributed by atoms with Crippen LogP contribution in [0.15, 0.2) is 53.6 Å². The largest absolute Gasteiger partial charge is 0.491 e. The molecule has 0 radical (unpaired) electrons. The normalized spacial score (nSPS) is 14.8. The van der Waals surface area contributed by atoms with Crippen molar-refractivity contribution in [2.75, 3.05) is 19.7 Å². The van der Waals surface area contributed by atoms with Gasteiger partial charge in [0.15, 0.2) is 0 Å². The third kappa shape index (κ3) is 9.81. The molecule has 2 aromatic carbocycles. The lowest BCUT2D eigenvalue weighted by molar-refractivity contribution is -0.202. The molecular formula is C27H30F3N5O6. The second-order valence-electron chi connectivity index (χ2n) is 9.06. The second kappa shape index (κ2) is 14.1. The number of hydrogen-bond acceptors (Lipinski definition) is 9. The summed E-state index contributed by atoms with van der Waals surface area (Å²) in [5.74, 6) is -4.26. The third-order valence-electron chi connectivity index (χ3n) is 5.90. The number of nitrogens with one attached hydrogen (secondary N) is 2. The zero-order valence-electron chi connectivity index (χ0n) is 22.1. The van der Waals surface area contributed by atoms with Gasteiger partial charge in [-0.05, 0) is 43.3 Å². The van der Waals surface area contributed by atoms with Crippen molar-refractivity contribution in [3.63, 3.8) is 0 Å². The summed E-state index contributed by atoms with van der Waals surface area (Å²) in [4.78, 5) is 36.0. The number of amides is 1. The van der Waals surface area contributed by atoms with Crippen LogP contribution in [0.5, 0.6) is 11.5 Å². The molecule has 0 saturated carbocycles. The Kier molecular flexibility index (Phi) is 10.7. The van der Waals surface area contributed by atoms with E-state index in [0.717, 1.165) is 25.9 Å². The molecule has 1 aliphatic heterocycles. The Morgan fingerprint density at radius 2 is 1.80 bits per heavy atom. The minimum absolute atomic E-state index is 0.00793. The number of rotatable bonds is 11. The Labute approximate surface area is 233 Å². The van der Waals surface area contributed by atoms with Gasteiger partial charge in [-0.3, -0.25) is 20.0 Å². The molecule has 0 aliphatic carbocycles. The Morgan fingerprint density at radius 3 is 2.41 bits per heavy atom. The van der Waals surface area contributed by atoms with E-state index < -0.39 is 36.5 Å². The van der Waals surface area contributed by atoms with Crippen molar-refractivity contribution in [1.82, 2.24) is 10.3 Å². The predicted molar refractivity (Wildman–Crippen MR) is 142 cm³/mol. The molecule has 1 atom stereocenters. The number of benzene rings is 2. The highest BCUT2D eigenvalue weighted by Gasteiger charge is 2.42. The van der Waals surface area contributed by atoms with Gasteiger partial charge in [0.1, 0.15) is 30.0 Å². The molecule has 1 aliphatic rings. The van der Waals surface area contributed by atoms with Gasteiger partial charge in [-0.1, -0.05) is 12.1 Å². The van der Waals surface area contributed by atoms with E-state index in [2.05, 4.69) is 15.2 Å². The minimum Gasteiger partial charge on any atom is -0.491 e. The molecule has 0 aromatic heterocycles. The molecule has 1 amide bonds. The van der Waals surface area contributed by atoms with Gasteiger partial charge in [-0.2, -0.15) is 18.3 Å². The summed E-state index contributed by atoms with van der Waals surface area (Å²) in [6.45, 7) is 3.00. The van der Waals surface area contributed by atoms with Crippen LogP contribution in [0.4, 0.5) is 13.2 Å². The number of nitrogens with two attached hydrogens (primary N) is 1. The summed E-state index contributed by atoms with van der Waals surface area (Å²) in [5.41, 5.74) is 6.00. The molecule has 1 fully saturated rings. The van der Waals surface area contributed by atoms with Gasteiger partial charge in [-0.15, -0.1) is 0 Å². The van der Waals surface area contributed by atoms with E-state index >= 15 is 0 Å². The summed E-state index contributed by atoms with van der Waals surface area (Å²) in [6.07, 6.45) is -2.86. The number of nitrogen functional groups attached to an aromatic ring is 1. The van der Waals surface area contributed by atoms with E-state index in [-0.39, 0.29) is 29.9 Å². The average Bonchev–Trinajstić information content (AvgIpc) is 2.93. The van der Waals surface area contributed by atoms with Crippen LogP contribution in [0.2, 0.25) is 0 Å². The van der Waals surface area contributed by atoms with Crippen molar-refractivity contribution >= 4 is 29.9 Å². The van der Waals surface area contributed by atoms with E-state index in [9.17, 15) is 27.6 Å². The molecular weight excluding hydrogens is 547 g/mol. The van der Waals surface area contributed by atoms with E-state index in [4.69, 9.17) is 20.6 Å². The Bertz CT molecular complexity index is 1260. The molecule has 3 rings (SSSR count). The maximum Gasteiger partial charge on any atom is 0.491 e. The molecule has 2 aromatic rings. The van der Waals surface area contributed by atoms with Crippen molar-refractivity contribution in [3.05, 3.63) is 59.7 Å². The number of halogens is 3. The highest BCUT2D eigenvalue weighted by Crippen LogP contribution is 2.21. The van der Waals surface area contributed by atoms with Crippen LogP contribution in [0.1, 0.15) is 42.1 Å². The molecule has 4 N–H and O–H groups in total. The van der Waals surface area contributed by atoms with Gasteiger partial charge in [-0.25, -0.2) is 4.79 Å². The summed E-state index contributed by atoms with van der Waals surface area (Å²) in [7, 11) is 0. The van der Waals surface area contributed by atoms with Crippen LogP contribution in [0.3, 0.4) is 0 Å². The molecule has 1 saturated heterocycles. The van der Waals surface area contributed by atoms with E-state index in [1.807, 2.05) is 11.9 Å². The van der Waals surface area contributed by atoms with Gasteiger partial charge in [0.2, 0.25) is 0 Å². The quantitative estimate of drug-likeness (QED) is 0.159. The van der Waals surface area contributed by atoms with Crippen molar-refractivity contribution in [3.8, 4) is 11.5 Å². The van der Waals surface area contributed by atoms with Gasteiger partial charge < -0.3 is 25.3 Å². The van der Waals surface area contributed by atoms with Crippen LogP contribution >= 0.6 is 0 Å². The van der Waals surface area contributed by atoms with Crippen LogP contribution in [-0.2, 0) is 14.3 Å². The lowest BCUT2D eigenvalue weighted by Crippen LogP contribution is -2.41. The fraction of sp³-hybridized carbons (Fsp3) is 0.370. The van der Waals surface area contributed by atoms with Crippen molar-refractivity contribution in [2.45, 2.75) is 44.5 Å². The Hall–Kier alpha value is -4.62. The maximum atomic E-state index is 12.9. The highest BCUT2D eigenvalue weighted by atomic mass is 19.4.